The molecule has 1 N–H and O–H groups in total. The van der Waals surface area contributed by atoms with Gasteiger partial charge in [-0.3, -0.25) is 13.9 Å². The van der Waals surface area contributed by atoms with Crippen molar-refractivity contribution in [3.05, 3.63) is 156 Å². The Kier molecular flexibility index (Phi) is 12.1. The van der Waals surface area contributed by atoms with Crippen LogP contribution in [0.4, 0.5) is 5.69 Å². The summed E-state index contributed by atoms with van der Waals surface area (Å²) < 4.78 is 35.8. The second-order valence-corrected chi connectivity index (χ2v) is 14.1. The van der Waals surface area contributed by atoms with E-state index in [-0.39, 0.29) is 35.5 Å². The highest BCUT2D eigenvalue weighted by atomic mass is 32.2. The zero-order chi connectivity index (χ0) is 35.5. The molecule has 2 amide bonds. The molecule has 0 spiro atoms. The van der Waals surface area contributed by atoms with Crippen LogP contribution in [0, 0.1) is 6.92 Å². The highest BCUT2D eigenvalue weighted by Crippen LogP contribution is 2.29. The summed E-state index contributed by atoms with van der Waals surface area (Å²) in [5, 5.41) is 3.06. The van der Waals surface area contributed by atoms with Gasteiger partial charge in [0.25, 0.3) is 10.0 Å². The van der Waals surface area contributed by atoms with Crippen molar-refractivity contribution in [3.63, 3.8) is 0 Å². The van der Waals surface area contributed by atoms with E-state index in [1.54, 1.807) is 36.4 Å². The molecule has 0 fully saturated rings. The van der Waals surface area contributed by atoms with Gasteiger partial charge in [-0.05, 0) is 79.9 Å². The molecule has 0 saturated heterocycles. The van der Waals surface area contributed by atoms with Crippen molar-refractivity contribution < 1.29 is 22.7 Å². The molecule has 0 aliphatic heterocycles. The smallest absolute Gasteiger partial charge is 0.264 e. The van der Waals surface area contributed by atoms with Gasteiger partial charge in [-0.1, -0.05) is 103 Å². The van der Waals surface area contributed by atoms with Gasteiger partial charge in [0.1, 0.15) is 24.1 Å². The Bertz CT molecular complexity index is 1940. The first-order valence-corrected chi connectivity index (χ1v) is 18.2. The lowest BCUT2D eigenvalue weighted by Gasteiger charge is -2.34. The standard InChI is InChI=1S/C41H43N3O5S/c1-4-32(3)42-41(46)39(28-33-14-8-5-9-15-33)43(29-34-16-10-6-11-17-34)40(45)30-44(50(47,48)38-26-20-31(2)21-27-38)35-22-24-37(25-23-35)49-36-18-12-7-13-19-36/h5-27,32,39H,4,28-30H2,1-3H3,(H,42,46)/t32-,39-/m0/s1. The summed E-state index contributed by atoms with van der Waals surface area (Å²) in [6.45, 7) is 5.34. The molecule has 0 unspecified atom stereocenters. The number of rotatable bonds is 15. The van der Waals surface area contributed by atoms with Gasteiger partial charge in [0.15, 0.2) is 0 Å². The van der Waals surface area contributed by atoms with E-state index < -0.39 is 28.5 Å². The number of anilines is 1. The highest BCUT2D eigenvalue weighted by Gasteiger charge is 2.35. The van der Waals surface area contributed by atoms with E-state index >= 15 is 0 Å². The minimum Gasteiger partial charge on any atom is -0.457 e. The van der Waals surface area contributed by atoms with Gasteiger partial charge in [-0.25, -0.2) is 8.42 Å². The minimum absolute atomic E-state index is 0.0467. The van der Waals surface area contributed by atoms with Crippen LogP contribution in [-0.4, -0.2) is 43.8 Å². The first-order valence-electron chi connectivity index (χ1n) is 16.7. The molecule has 5 aromatic rings. The average Bonchev–Trinajstić information content (AvgIpc) is 3.13. The minimum atomic E-state index is -4.23. The first-order chi connectivity index (χ1) is 24.1. The lowest BCUT2D eigenvalue weighted by atomic mass is 10.0. The second-order valence-electron chi connectivity index (χ2n) is 12.3. The molecule has 0 saturated carbocycles. The molecule has 0 radical (unpaired) electrons. The van der Waals surface area contributed by atoms with Crippen LogP contribution in [0.3, 0.4) is 0 Å². The third kappa shape index (κ3) is 9.39. The fourth-order valence-electron chi connectivity index (χ4n) is 5.45. The molecule has 0 aromatic heterocycles. The van der Waals surface area contributed by atoms with E-state index in [1.165, 1.54) is 17.0 Å². The SMILES string of the molecule is CC[C@H](C)NC(=O)[C@H](Cc1ccccc1)N(Cc1ccccc1)C(=O)CN(c1ccc(Oc2ccccc2)cc1)S(=O)(=O)c1ccc(C)cc1. The number of benzene rings is 5. The molecule has 2 atom stereocenters. The van der Waals surface area contributed by atoms with Gasteiger partial charge in [0, 0.05) is 19.0 Å². The van der Waals surface area contributed by atoms with E-state index in [0.29, 0.717) is 17.9 Å². The molecule has 0 bridgehead atoms. The zero-order valence-corrected chi connectivity index (χ0v) is 29.4. The largest absolute Gasteiger partial charge is 0.457 e. The number of amides is 2. The van der Waals surface area contributed by atoms with Gasteiger partial charge < -0.3 is 15.0 Å². The van der Waals surface area contributed by atoms with Crippen molar-refractivity contribution in [2.45, 2.75) is 57.1 Å². The molecule has 5 rings (SSSR count). The van der Waals surface area contributed by atoms with Crippen molar-refractivity contribution in [1.29, 1.82) is 0 Å². The summed E-state index contributed by atoms with van der Waals surface area (Å²) in [4.78, 5) is 30.2. The molecule has 258 valence electrons. The average molecular weight is 690 g/mol. The molecule has 0 aliphatic rings. The molecule has 0 aliphatic carbocycles. The van der Waals surface area contributed by atoms with Crippen LogP contribution in [0.1, 0.15) is 37.0 Å². The van der Waals surface area contributed by atoms with E-state index in [0.717, 1.165) is 21.0 Å². The lowest BCUT2D eigenvalue weighted by Crippen LogP contribution is -2.54. The maximum absolute atomic E-state index is 14.7. The third-order valence-corrected chi connectivity index (χ3v) is 10.2. The summed E-state index contributed by atoms with van der Waals surface area (Å²) in [6.07, 6.45) is 0.959. The van der Waals surface area contributed by atoms with Gasteiger partial charge in [0.2, 0.25) is 11.8 Å². The van der Waals surface area contributed by atoms with Gasteiger partial charge >= 0.3 is 0 Å². The molecule has 9 heteroatoms. The normalized spacial score (nSPS) is 12.4. The van der Waals surface area contributed by atoms with E-state index in [9.17, 15) is 18.0 Å². The summed E-state index contributed by atoms with van der Waals surface area (Å²) in [5.41, 5.74) is 2.87. The Morgan fingerprint density at radius 3 is 1.84 bits per heavy atom. The Hall–Kier alpha value is -5.41. The van der Waals surface area contributed by atoms with Crippen LogP contribution < -0.4 is 14.4 Å². The van der Waals surface area contributed by atoms with Crippen molar-refractivity contribution in [3.8, 4) is 11.5 Å². The van der Waals surface area contributed by atoms with Crippen molar-refractivity contribution in [1.82, 2.24) is 10.2 Å². The number of carbonyl (C=O) groups excluding carboxylic acids is 2. The molecular weight excluding hydrogens is 647 g/mol. The maximum atomic E-state index is 14.7. The first kappa shape index (κ1) is 35.9. The van der Waals surface area contributed by atoms with Gasteiger partial charge in [-0.15, -0.1) is 0 Å². The van der Waals surface area contributed by atoms with Crippen LogP contribution in [-0.2, 0) is 32.6 Å². The van der Waals surface area contributed by atoms with Crippen LogP contribution in [0.2, 0.25) is 0 Å². The Balaban J connectivity index is 1.55. The number of hydrogen-bond acceptors (Lipinski definition) is 5. The molecular formula is C41H43N3O5S. The molecule has 5 aromatic carbocycles. The van der Waals surface area contributed by atoms with E-state index in [1.807, 2.05) is 112 Å². The lowest BCUT2D eigenvalue weighted by molar-refractivity contribution is -0.140. The topological polar surface area (TPSA) is 96.0 Å². The summed E-state index contributed by atoms with van der Waals surface area (Å²) in [7, 11) is -4.23. The summed E-state index contributed by atoms with van der Waals surface area (Å²) in [5.74, 6) is 0.322. The predicted molar refractivity (Wildman–Crippen MR) is 197 cm³/mol. The number of nitrogens with one attached hydrogen (secondary N) is 1. The Labute approximate surface area is 295 Å². The van der Waals surface area contributed by atoms with Gasteiger partial charge in [0.05, 0.1) is 10.6 Å². The summed E-state index contributed by atoms with van der Waals surface area (Å²) in [6, 6.07) is 40.3. The predicted octanol–water partition coefficient (Wildman–Crippen LogP) is 7.54. The maximum Gasteiger partial charge on any atom is 0.264 e. The fraction of sp³-hybridized carbons (Fsp3) is 0.220. The van der Waals surface area contributed by atoms with Crippen molar-refractivity contribution in [2.75, 3.05) is 10.8 Å². The van der Waals surface area contributed by atoms with Crippen LogP contribution in [0.5, 0.6) is 11.5 Å². The monoisotopic (exact) mass is 689 g/mol. The number of ether oxygens (including phenoxy) is 1. The highest BCUT2D eigenvalue weighted by molar-refractivity contribution is 7.92. The van der Waals surface area contributed by atoms with E-state index in [2.05, 4.69) is 5.32 Å². The van der Waals surface area contributed by atoms with Gasteiger partial charge in [-0.2, -0.15) is 0 Å². The number of carbonyl (C=O) groups is 2. The Morgan fingerprint density at radius 1 is 0.720 bits per heavy atom. The third-order valence-electron chi connectivity index (χ3n) is 8.46. The fourth-order valence-corrected chi connectivity index (χ4v) is 6.86. The van der Waals surface area contributed by atoms with Crippen molar-refractivity contribution >= 4 is 27.5 Å². The molecule has 8 nitrogen and oxygen atoms in total. The molecule has 50 heavy (non-hydrogen) atoms. The number of aryl methyl sites for hydroxylation is 1. The molecule has 0 heterocycles. The number of sulfonamides is 1. The van der Waals surface area contributed by atoms with Crippen molar-refractivity contribution in [2.24, 2.45) is 0 Å². The Morgan fingerprint density at radius 2 is 1.26 bits per heavy atom. The zero-order valence-electron chi connectivity index (χ0n) is 28.6. The summed E-state index contributed by atoms with van der Waals surface area (Å²) >= 11 is 0. The quantitative estimate of drug-likeness (QED) is 0.123. The van der Waals surface area contributed by atoms with Crippen LogP contribution in [0.25, 0.3) is 0 Å². The van der Waals surface area contributed by atoms with E-state index in [4.69, 9.17) is 4.74 Å². The van der Waals surface area contributed by atoms with Crippen LogP contribution >= 0.6 is 0 Å². The number of para-hydroxylation sites is 1. The number of nitrogens with zero attached hydrogens (tertiary/aromatic N) is 2. The van der Waals surface area contributed by atoms with Crippen LogP contribution in [0.15, 0.2) is 144 Å². The number of hydrogen-bond donors (Lipinski definition) is 1. The second kappa shape index (κ2) is 16.8.